The van der Waals surface area contributed by atoms with Gasteiger partial charge in [-0.2, -0.15) is 0 Å². The third kappa shape index (κ3) is 5.22. The van der Waals surface area contributed by atoms with Gasteiger partial charge in [0.05, 0.1) is 0 Å². The van der Waals surface area contributed by atoms with Crippen molar-refractivity contribution in [3.8, 4) is 0 Å². The summed E-state index contributed by atoms with van der Waals surface area (Å²) < 4.78 is 6.12. The molecule has 2 heteroatoms. The number of nitrogens with zero attached hydrogens (tertiary/aromatic N) is 1. The van der Waals surface area contributed by atoms with Gasteiger partial charge in [-0.05, 0) is 0 Å². The van der Waals surface area contributed by atoms with Crippen LogP contribution in [0, 0.1) is 0 Å². The van der Waals surface area contributed by atoms with Crippen molar-refractivity contribution in [1.82, 2.24) is 4.90 Å². The zero-order chi connectivity index (χ0) is 14.1. The summed E-state index contributed by atoms with van der Waals surface area (Å²) in [5, 5.41) is 0. The number of hydrogen-bond acceptors (Lipinski definition) is 1. The Morgan fingerprint density at radius 1 is 0.895 bits per heavy atom. The zero-order valence-electron chi connectivity index (χ0n) is 14.0. The van der Waals surface area contributed by atoms with E-state index in [1.807, 2.05) is 0 Å². The van der Waals surface area contributed by atoms with Crippen molar-refractivity contribution in [2.75, 3.05) is 13.6 Å². The third-order valence-electron chi connectivity index (χ3n) is 5.31. The SMILES string of the molecule is CCC[CH2][Sn]([CH2]CCC)([CH2]CCC)[C@@H]1CCCN1C. The Morgan fingerprint density at radius 3 is 1.68 bits per heavy atom. The van der Waals surface area contributed by atoms with Crippen LogP contribution in [0.4, 0.5) is 0 Å². The minimum absolute atomic E-state index is 1.08. The molecule has 1 heterocycles. The fourth-order valence-electron chi connectivity index (χ4n) is 4.15. The van der Waals surface area contributed by atoms with E-state index in [1.54, 1.807) is 19.7 Å². The Labute approximate surface area is 126 Å². The average Bonchev–Trinajstić information content (AvgIpc) is 2.85. The molecule has 0 unspecified atom stereocenters. The summed E-state index contributed by atoms with van der Waals surface area (Å²) in [5.74, 6) is 0. The van der Waals surface area contributed by atoms with Crippen molar-refractivity contribution >= 4 is 18.4 Å². The van der Waals surface area contributed by atoms with Crippen LogP contribution < -0.4 is 0 Å². The predicted octanol–water partition coefficient (Wildman–Crippen LogP) is 5.47. The van der Waals surface area contributed by atoms with Crippen LogP contribution in [0.5, 0.6) is 0 Å². The Kier molecular flexibility index (Phi) is 9.05. The van der Waals surface area contributed by atoms with Crippen molar-refractivity contribution < 1.29 is 0 Å². The molecule has 0 amide bonds. The van der Waals surface area contributed by atoms with Crippen molar-refractivity contribution in [1.29, 1.82) is 0 Å². The van der Waals surface area contributed by atoms with Crippen LogP contribution in [-0.2, 0) is 0 Å². The van der Waals surface area contributed by atoms with Crippen molar-refractivity contribution in [3.63, 3.8) is 0 Å². The maximum atomic E-state index is 2.77. The minimum atomic E-state index is -1.93. The van der Waals surface area contributed by atoms with E-state index >= 15 is 0 Å². The second-order valence-corrected chi connectivity index (χ2v) is 20.8. The molecule has 1 nitrogen and oxygen atoms in total. The molecule has 0 aromatic rings. The fraction of sp³-hybridized carbons (Fsp3) is 1.00. The molecule has 0 N–H and O–H groups in total. The maximum absolute atomic E-state index is 2.77. The van der Waals surface area contributed by atoms with Gasteiger partial charge in [0.15, 0.2) is 0 Å². The second kappa shape index (κ2) is 9.65. The number of hydrogen-bond donors (Lipinski definition) is 0. The molecule has 0 aliphatic carbocycles. The Balaban J connectivity index is 2.80. The van der Waals surface area contributed by atoms with E-state index in [9.17, 15) is 0 Å². The summed E-state index contributed by atoms with van der Waals surface area (Å²) >= 11 is -1.93. The fourth-order valence-corrected chi connectivity index (χ4v) is 23.6. The monoisotopic (exact) mass is 375 g/mol. The molecule has 1 atom stereocenters. The van der Waals surface area contributed by atoms with Gasteiger partial charge in [-0.25, -0.2) is 0 Å². The normalized spacial score (nSPS) is 21.2. The van der Waals surface area contributed by atoms with Crippen LogP contribution in [0.15, 0.2) is 0 Å². The van der Waals surface area contributed by atoms with E-state index < -0.39 is 18.4 Å². The molecule has 19 heavy (non-hydrogen) atoms. The molecule has 1 fully saturated rings. The van der Waals surface area contributed by atoms with Crippen LogP contribution in [0.25, 0.3) is 0 Å². The zero-order valence-corrected chi connectivity index (χ0v) is 16.9. The number of likely N-dealkylation sites (tertiary alicyclic amines) is 1. The van der Waals surface area contributed by atoms with Crippen LogP contribution in [0.2, 0.25) is 13.3 Å². The van der Waals surface area contributed by atoms with Crippen LogP contribution in [0.3, 0.4) is 0 Å². The first-order valence-corrected chi connectivity index (χ1v) is 16.6. The molecule has 0 bridgehead atoms. The molecule has 1 aliphatic rings. The Bertz CT molecular complexity index is 208. The topological polar surface area (TPSA) is 3.24 Å². The summed E-state index contributed by atoms with van der Waals surface area (Å²) in [7, 11) is 2.42. The summed E-state index contributed by atoms with van der Waals surface area (Å²) in [6, 6.07) is 0. The van der Waals surface area contributed by atoms with Gasteiger partial charge < -0.3 is 0 Å². The molecular formula is C17H37NSn. The molecule has 0 saturated carbocycles. The molecule has 1 aliphatic heterocycles. The first-order valence-electron chi connectivity index (χ1n) is 8.90. The summed E-state index contributed by atoms with van der Waals surface area (Å²) in [4.78, 5) is 2.77. The van der Waals surface area contributed by atoms with Crippen molar-refractivity contribution in [2.45, 2.75) is 89.5 Å². The van der Waals surface area contributed by atoms with E-state index in [0.29, 0.717) is 0 Å². The quantitative estimate of drug-likeness (QED) is 0.459. The van der Waals surface area contributed by atoms with Crippen molar-refractivity contribution in [2.24, 2.45) is 0 Å². The van der Waals surface area contributed by atoms with Gasteiger partial charge in [0.2, 0.25) is 0 Å². The number of unbranched alkanes of at least 4 members (excludes halogenated alkanes) is 3. The Morgan fingerprint density at radius 2 is 1.37 bits per heavy atom. The number of rotatable bonds is 10. The van der Waals surface area contributed by atoms with Gasteiger partial charge in [-0.1, -0.05) is 0 Å². The van der Waals surface area contributed by atoms with E-state index in [4.69, 9.17) is 0 Å². The van der Waals surface area contributed by atoms with Crippen LogP contribution >= 0.6 is 0 Å². The molecule has 1 rings (SSSR count). The second-order valence-electron chi connectivity index (χ2n) is 6.81. The van der Waals surface area contributed by atoms with Crippen molar-refractivity contribution in [3.05, 3.63) is 0 Å². The molecule has 1 saturated heterocycles. The summed E-state index contributed by atoms with van der Waals surface area (Å²) in [5.41, 5.74) is 0. The van der Waals surface area contributed by atoms with E-state index in [0.717, 1.165) is 4.06 Å². The van der Waals surface area contributed by atoms with Crippen LogP contribution in [0.1, 0.15) is 72.1 Å². The molecule has 0 aromatic carbocycles. The van der Waals surface area contributed by atoms with E-state index in [2.05, 4.69) is 32.7 Å². The first-order chi connectivity index (χ1) is 9.20. The standard InChI is InChI=1S/C5H10N.3C4H9.Sn/c1-6-4-2-3-5-6;3*1-3-4-2;/h4H,2-3,5H2,1H3;3*1,3-4H2,2H3;. The van der Waals surface area contributed by atoms with Gasteiger partial charge >= 0.3 is 126 Å². The van der Waals surface area contributed by atoms with Gasteiger partial charge in [-0.15, -0.1) is 0 Å². The molecule has 114 valence electrons. The van der Waals surface area contributed by atoms with Gasteiger partial charge in [-0.3, -0.25) is 0 Å². The summed E-state index contributed by atoms with van der Waals surface area (Å²) in [6.07, 6.45) is 11.8. The van der Waals surface area contributed by atoms with E-state index in [-0.39, 0.29) is 0 Å². The van der Waals surface area contributed by atoms with Gasteiger partial charge in [0, 0.05) is 0 Å². The first kappa shape index (κ1) is 17.8. The third-order valence-corrected chi connectivity index (χ3v) is 23.0. The van der Waals surface area contributed by atoms with Crippen LogP contribution in [-0.4, -0.2) is 40.9 Å². The molecule has 0 radical (unpaired) electrons. The molecule has 0 spiro atoms. The molecule has 0 aromatic heterocycles. The van der Waals surface area contributed by atoms with E-state index in [1.165, 1.54) is 51.5 Å². The van der Waals surface area contributed by atoms with Gasteiger partial charge in [0.1, 0.15) is 0 Å². The summed E-state index contributed by atoms with van der Waals surface area (Å²) in [6.45, 7) is 8.53. The Hall–Kier alpha value is 0.759. The average molecular weight is 374 g/mol. The predicted molar refractivity (Wildman–Crippen MR) is 90.6 cm³/mol. The molecular weight excluding hydrogens is 337 g/mol. The van der Waals surface area contributed by atoms with Gasteiger partial charge in [0.25, 0.3) is 0 Å².